The number of nitrogen functional groups attached to an aromatic ring is 1. The zero-order valence-electron chi connectivity index (χ0n) is 11.5. The summed E-state index contributed by atoms with van der Waals surface area (Å²) in [6.45, 7) is 8.19. The van der Waals surface area contributed by atoms with Crippen molar-refractivity contribution in [1.29, 1.82) is 0 Å². The van der Waals surface area contributed by atoms with Crippen molar-refractivity contribution in [3.63, 3.8) is 0 Å². The van der Waals surface area contributed by atoms with Crippen LogP contribution in [0.1, 0.15) is 27.7 Å². The van der Waals surface area contributed by atoms with Crippen LogP contribution in [0.5, 0.6) is 0 Å². The summed E-state index contributed by atoms with van der Waals surface area (Å²) < 4.78 is 27.4. The van der Waals surface area contributed by atoms with Gasteiger partial charge in [0, 0.05) is 11.1 Å². The summed E-state index contributed by atoms with van der Waals surface area (Å²) in [4.78, 5) is 0.0791. The number of hydrogen-bond donors (Lipinski definition) is 2. The van der Waals surface area contributed by atoms with Gasteiger partial charge < -0.3 is 5.73 Å². The molecule has 0 aliphatic heterocycles. The molecule has 0 aromatic heterocycles. The molecule has 4 nitrogen and oxygen atoms in total. The fourth-order valence-electron chi connectivity index (χ4n) is 2.47. The summed E-state index contributed by atoms with van der Waals surface area (Å²) in [6.07, 6.45) is 0. The summed E-state index contributed by atoms with van der Waals surface area (Å²) in [5, 5.41) is 0.420. The van der Waals surface area contributed by atoms with E-state index in [1.54, 1.807) is 0 Å². The normalized spacial score (nSPS) is 21.3. The van der Waals surface area contributed by atoms with Crippen molar-refractivity contribution in [2.45, 2.75) is 38.6 Å². The average Bonchev–Trinajstić information content (AvgIpc) is 2.59. The van der Waals surface area contributed by atoms with Gasteiger partial charge in [-0.15, -0.1) is 0 Å². The number of sulfonamides is 1. The number of anilines is 1. The number of hydrogen-bond acceptors (Lipinski definition) is 3. The van der Waals surface area contributed by atoms with Gasteiger partial charge in [-0.2, -0.15) is 0 Å². The van der Waals surface area contributed by atoms with E-state index in [9.17, 15) is 8.42 Å². The lowest BCUT2D eigenvalue weighted by atomic mass is 10.0. The summed E-state index contributed by atoms with van der Waals surface area (Å²) in [5.74, 6) is 0. The SMILES string of the molecule is CC1(C)C(NS(=O)(=O)c2ccc(Cl)cc2N)C1(C)C. The van der Waals surface area contributed by atoms with Gasteiger partial charge in [-0.25, -0.2) is 13.1 Å². The van der Waals surface area contributed by atoms with E-state index in [0.29, 0.717) is 5.02 Å². The van der Waals surface area contributed by atoms with Crippen molar-refractivity contribution in [2.75, 3.05) is 5.73 Å². The van der Waals surface area contributed by atoms with Gasteiger partial charge in [0.2, 0.25) is 10.0 Å². The van der Waals surface area contributed by atoms with Crippen molar-refractivity contribution in [2.24, 2.45) is 10.8 Å². The monoisotopic (exact) mass is 302 g/mol. The minimum absolute atomic E-state index is 0.0682. The van der Waals surface area contributed by atoms with E-state index in [1.165, 1.54) is 18.2 Å². The smallest absolute Gasteiger partial charge is 0.242 e. The van der Waals surface area contributed by atoms with Crippen molar-refractivity contribution < 1.29 is 8.42 Å². The maximum atomic E-state index is 12.4. The fourth-order valence-corrected chi connectivity index (χ4v) is 4.30. The predicted molar refractivity (Wildman–Crippen MR) is 77.5 cm³/mol. The van der Waals surface area contributed by atoms with Crippen molar-refractivity contribution >= 4 is 27.3 Å². The zero-order valence-corrected chi connectivity index (χ0v) is 13.1. The third-order valence-electron chi connectivity index (χ3n) is 4.56. The molecule has 0 saturated heterocycles. The highest BCUT2D eigenvalue weighted by molar-refractivity contribution is 7.89. The molecule has 19 heavy (non-hydrogen) atoms. The van der Waals surface area contributed by atoms with Crippen LogP contribution in [0, 0.1) is 10.8 Å². The van der Waals surface area contributed by atoms with Gasteiger partial charge in [-0.05, 0) is 29.0 Å². The molecular weight excluding hydrogens is 284 g/mol. The Morgan fingerprint density at radius 3 is 2.16 bits per heavy atom. The van der Waals surface area contributed by atoms with Gasteiger partial charge in [0.15, 0.2) is 0 Å². The quantitative estimate of drug-likeness (QED) is 0.843. The topological polar surface area (TPSA) is 72.2 Å². The Bertz CT molecular complexity index is 610. The molecule has 0 amide bonds. The second kappa shape index (κ2) is 4.11. The predicted octanol–water partition coefficient (Wildman–Crippen LogP) is 2.64. The maximum absolute atomic E-state index is 12.4. The van der Waals surface area contributed by atoms with Gasteiger partial charge in [0.05, 0.1) is 5.69 Å². The van der Waals surface area contributed by atoms with Gasteiger partial charge in [0.1, 0.15) is 4.90 Å². The molecule has 0 bridgehead atoms. The lowest BCUT2D eigenvalue weighted by Gasteiger charge is -2.10. The highest BCUT2D eigenvalue weighted by atomic mass is 35.5. The molecule has 1 saturated carbocycles. The van der Waals surface area contributed by atoms with Gasteiger partial charge in [0.25, 0.3) is 0 Å². The largest absolute Gasteiger partial charge is 0.398 e. The lowest BCUT2D eigenvalue weighted by molar-refractivity contribution is 0.457. The molecule has 6 heteroatoms. The molecule has 0 unspecified atom stereocenters. The molecule has 3 N–H and O–H groups in total. The first kappa shape index (κ1) is 14.6. The van der Waals surface area contributed by atoms with E-state index < -0.39 is 10.0 Å². The van der Waals surface area contributed by atoms with Crippen molar-refractivity contribution in [1.82, 2.24) is 4.72 Å². The summed E-state index contributed by atoms with van der Waals surface area (Å²) in [6, 6.07) is 4.30. The minimum atomic E-state index is -3.62. The van der Waals surface area contributed by atoms with Crippen LogP contribution in [0.2, 0.25) is 5.02 Å². The Hall–Kier alpha value is -0.780. The van der Waals surface area contributed by atoms with Gasteiger partial charge >= 0.3 is 0 Å². The summed E-state index contributed by atoms with van der Waals surface area (Å²) >= 11 is 5.78. The van der Waals surface area contributed by atoms with E-state index in [0.717, 1.165) is 0 Å². The lowest BCUT2D eigenvalue weighted by Crippen LogP contribution is -2.30. The Balaban J connectivity index is 2.30. The molecule has 1 aliphatic rings. The highest BCUT2D eigenvalue weighted by Gasteiger charge is 2.66. The zero-order chi connectivity index (χ0) is 14.6. The molecule has 1 aromatic rings. The second-order valence-corrected chi connectivity index (χ2v) is 8.30. The first-order valence-corrected chi connectivity index (χ1v) is 7.93. The third kappa shape index (κ3) is 2.24. The number of nitrogens with one attached hydrogen (secondary N) is 1. The molecule has 1 fully saturated rings. The van der Waals surface area contributed by atoms with Gasteiger partial charge in [-0.3, -0.25) is 0 Å². The van der Waals surface area contributed by atoms with Crippen LogP contribution in [-0.2, 0) is 10.0 Å². The maximum Gasteiger partial charge on any atom is 0.242 e. The van der Waals surface area contributed by atoms with Gasteiger partial charge in [-0.1, -0.05) is 39.3 Å². The van der Waals surface area contributed by atoms with Crippen LogP contribution in [-0.4, -0.2) is 14.5 Å². The molecule has 0 spiro atoms. The molecule has 2 rings (SSSR count). The minimum Gasteiger partial charge on any atom is -0.398 e. The van der Waals surface area contributed by atoms with E-state index in [2.05, 4.69) is 4.72 Å². The van der Waals surface area contributed by atoms with Crippen LogP contribution in [0.15, 0.2) is 23.1 Å². The first-order chi connectivity index (χ1) is 8.50. The summed E-state index contributed by atoms with van der Waals surface area (Å²) in [5.41, 5.74) is 5.76. The number of benzene rings is 1. The van der Waals surface area contributed by atoms with Crippen LogP contribution < -0.4 is 10.5 Å². The highest BCUT2D eigenvalue weighted by Crippen LogP contribution is 2.63. The second-order valence-electron chi connectivity index (χ2n) is 6.18. The molecule has 1 aromatic carbocycles. The number of halogens is 1. The van der Waals surface area contributed by atoms with Crippen molar-refractivity contribution in [3.05, 3.63) is 23.2 Å². The molecule has 0 atom stereocenters. The summed E-state index contributed by atoms with van der Waals surface area (Å²) in [7, 11) is -3.62. The van der Waals surface area contributed by atoms with E-state index in [1.807, 2.05) is 27.7 Å². The number of rotatable bonds is 3. The molecule has 106 valence electrons. The van der Waals surface area contributed by atoms with E-state index in [-0.39, 0.29) is 27.5 Å². The Morgan fingerprint density at radius 2 is 1.74 bits per heavy atom. The molecular formula is C13H19ClN2O2S. The van der Waals surface area contributed by atoms with E-state index in [4.69, 9.17) is 17.3 Å². The van der Waals surface area contributed by atoms with Crippen LogP contribution >= 0.6 is 11.6 Å². The molecule has 1 aliphatic carbocycles. The average molecular weight is 303 g/mol. The number of nitrogens with two attached hydrogens (primary N) is 1. The van der Waals surface area contributed by atoms with Crippen LogP contribution in [0.4, 0.5) is 5.69 Å². The fraction of sp³-hybridized carbons (Fsp3) is 0.538. The van der Waals surface area contributed by atoms with Crippen LogP contribution in [0.25, 0.3) is 0 Å². The first-order valence-electron chi connectivity index (χ1n) is 6.07. The van der Waals surface area contributed by atoms with Crippen molar-refractivity contribution in [3.8, 4) is 0 Å². The molecule has 0 heterocycles. The Labute approximate surface area is 119 Å². The standard InChI is InChI=1S/C13H19ClN2O2S/c1-12(2)11(13(12,3)4)16-19(17,18)10-6-5-8(14)7-9(10)15/h5-7,11,16H,15H2,1-4H3. The Morgan fingerprint density at radius 1 is 1.21 bits per heavy atom. The van der Waals surface area contributed by atoms with E-state index >= 15 is 0 Å². The third-order valence-corrected chi connectivity index (χ3v) is 6.29. The Kier molecular flexibility index (Phi) is 3.16. The molecule has 0 radical (unpaired) electrons. The van der Waals surface area contributed by atoms with Crippen LogP contribution in [0.3, 0.4) is 0 Å².